The van der Waals surface area contributed by atoms with Crippen LogP contribution in [-0.2, 0) is 0 Å². The summed E-state index contributed by atoms with van der Waals surface area (Å²) in [6.07, 6.45) is 4.72. The maximum atomic E-state index is 12.2. The molecule has 0 radical (unpaired) electrons. The smallest absolute Gasteiger partial charge is 0.208 e. The lowest BCUT2D eigenvalue weighted by atomic mass is 10.1. The lowest BCUT2D eigenvalue weighted by Crippen LogP contribution is -1.98. The average Bonchev–Trinajstić information content (AvgIpc) is 2.77. The lowest BCUT2D eigenvalue weighted by molar-refractivity contribution is 0.104. The fraction of sp³-hybridized carbons (Fsp3) is 0. The van der Waals surface area contributed by atoms with Crippen LogP contribution in [0.15, 0.2) is 42.9 Å². The fourth-order valence-corrected chi connectivity index (χ4v) is 2.70. The Morgan fingerprint density at radius 3 is 2.78 bits per heavy atom. The standard InChI is InChI=1S/C13H8N2O2S/c16-10(8-3-1-5-14-7-8)12-11(17)9-4-2-6-15-13(9)18-12/h1-7,17H. The molecule has 18 heavy (non-hydrogen) atoms. The van der Waals surface area contributed by atoms with Crippen molar-refractivity contribution in [1.82, 2.24) is 9.97 Å². The van der Waals surface area contributed by atoms with Gasteiger partial charge in [0.15, 0.2) is 0 Å². The molecule has 0 aliphatic carbocycles. The van der Waals surface area contributed by atoms with Crippen LogP contribution in [0.2, 0.25) is 0 Å². The normalized spacial score (nSPS) is 10.7. The first-order valence-electron chi connectivity index (χ1n) is 5.28. The molecule has 0 saturated carbocycles. The minimum Gasteiger partial charge on any atom is -0.506 e. The van der Waals surface area contributed by atoms with E-state index < -0.39 is 0 Å². The third-order valence-electron chi connectivity index (χ3n) is 2.57. The van der Waals surface area contributed by atoms with E-state index in [-0.39, 0.29) is 11.5 Å². The Bertz CT molecular complexity index is 722. The van der Waals surface area contributed by atoms with Crippen LogP contribution in [0.3, 0.4) is 0 Å². The van der Waals surface area contributed by atoms with E-state index in [1.165, 1.54) is 17.5 Å². The van der Waals surface area contributed by atoms with Crippen LogP contribution in [0.25, 0.3) is 10.2 Å². The molecule has 0 aliphatic rings. The zero-order valence-corrected chi connectivity index (χ0v) is 10.0. The molecule has 0 aliphatic heterocycles. The second kappa shape index (κ2) is 4.19. The Kier molecular flexibility index (Phi) is 2.53. The van der Waals surface area contributed by atoms with Crippen LogP contribution in [0, 0.1) is 0 Å². The lowest BCUT2D eigenvalue weighted by Gasteiger charge is -1.97. The first-order chi connectivity index (χ1) is 8.77. The van der Waals surface area contributed by atoms with Crippen molar-refractivity contribution in [1.29, 1.82) is 0 Å². The molecule has 1 N–H and O–H groups in total. The van der Waals surface area contributed by atoms with Crippen molar-refractivity contribution in [2.75, 3.05) is 0 Å². The minimum absolute atomic E-state index is 0.00282. The zero-order chi connectivity index (χ0) is 12.5. The van der Waals surface area contributed by atoms with Gasteiger partial charge in [0.2, 0.25) is 5.78 Å². The number of nitrogens with zero attached hydrogens (tertiary/aromatic N) is 2. The Labute approximate surface area is 107 Å². The third-order valence-corrected chi connectivity index (χ3v) is 3.67. The largest absolute Gasteiger partial charge is 0.506 e. The van der Waals surface area contributed by atoms with Crippen LogP contribution in [0.4, 0.5) is 0 Å². The first-order valence-corrected chi connectivity index (χ1v) is 6.10. The first kappa shape index (κ1) is 10.9. The molecule has 3 aromatic heterocycles. The maximum absolute atomic E-state index is 12.2. The topological polar surface area (TPSA) is 63.1 Å². The number of carbonyl (C=O) groups excluding carboxylic acids is 1. The Morgan fingerprint density at radius 2 is 2.06 bits per heavy atom. The highest BCUT2D eigenvalue weighted by molar-refractivity contribution is 7.21. The molecule has 0 unspecified atom stereocenters. The van der Waals surface area contributed by atoms with Gasteiger partial charge < -0.3 is 5.11 Å². The summed E-state index contributed by atoms with van der Waals surface area (Å²) in [4.78, 5) is 21.2. The van der Waals surface area contributed by atoms with Crippen molar-refractivity contribution in [2.45, 2.75) is 0 Å². The summed E-state index contributed by atoms with van der Waals surface area (Å²) in [7, 11) is 0. The van der Waals surface area contributed by atoms with Crippen LogP contribution in [-0.4, -0.2) is 20.9 Å². The molecule has 0 bridgehead atoms. The molecule has 0 fully saturated rings. The summed E-state index contributed by atoms with van der Waals surface area (Å²) in [6, 6.07) is 6.84. The van der Waals surface area contributed by atoms with E-state index in [1.54, 1.807) is 36.7 Å². The van der Waals surface area contributed by atoms with Gasteiger partial charge in [-0.3, -0.25) is 9.78 Å². The van der Waals surface area contributed by atoms with Crippen molar-refractivity contribution in [2.24, 2.45) is 0 Å². The number of thiophene rings is 1. The number of hydrogen-bond acceptors (Lipinski definition) is 5. The van der Waals surface area contributed by atoms with Crippen LogP contribution >= 0.6 is 11.3 Å². The van der Waals surface area contributed by atoms with Gasteiger partial charge in [-0.15, -0.1) is 11.3 Å². The highest BCUT2D eigenvalue weighted by Gasteiger charge is 2.19. The molecule has 88 valence electrons. The zero-order valence-electron chi connectivity index (χ0n) is 9.20. The van der Waals surface area contributed by atoms with Gasteiger partial charge >= 0.3 is 0 Å². The van der Waals surface area contributed by atoms with Crippen LogP contribution in [0.1, 0.15) is 15.2 Å². The predicted molar refractivity (Wildman–Crippen MR) is 69.0 cm³/mol. The molecule has 3 heterocycles. The number of rotatable bonds is 2. The summed E-state index contributed by atoms with van der Waals surface area (Å²) in [5.41, 5.74) is 0.458. The van der Waals surface area contributed by atoms with E-state index in [1.807, 2.05) is 0 Å². The highest BCUT2D eigenvalue weighted by atomic mass is 32.1. The van der Waals surface area contributed by atoms with E-state index in [2.05, 4.69) is 9.97 Å². The van der Waals surface area contributed by atoms with Gasteiger partial charge in [0.05, 0.1) is 5.39 Å². The average molecular weight is 256 g/mol. The molecule has 0 amide bonds. The summed E-state index contributed by atoms with van der Waals surface area (Å²) >= 11 is 1.19. The number of aromatic nitrogens is 2. The van der Waals surface area contributed by atoms with E-state index in [4.69, 9.17) is 0 Å². The van der Waals surface area contributed by atoms with Gasteiger partial charge in [0.25, 0.3) is 0 Å². The summed E-state index contributed by atoms with van der Waals surface area (Å²) in [6.45, 7) is 0. The molecule has 0 aromatic carbocycles. The van der Waals surface area contributed by atoms with E-state index >= 15 is 0 Å². The molecule has 0 atom stereocenters. The Hall–Kier alpha value is -2.27. The SMILES string of the molecule is O=C(c1cccnc1)c1sc2ncccc2c1O. The van der Waals surface area contributed by atoms with Crippen molar-refractivity contribution < 1.29 is 9.90 Å². The molecule has 4 nitrogen and oxygen atoms in total. The number of hydrogen-bond donors (Lipinski definition) is 1. The van der Waals surface area contributed by atoms with Crippen molar-refractivity contribution in [3.8, 4) is 5.75 Å². The van der Waals surface area contributed by atoms with Gasteiger partial charge in [0, 0.05) is 24.2 Å². The van der Waals surface area contributed by atoms with Crippen molar-refractivity contribution in [3.63, 3.8) is 0 Å². The molecule has 0 spiro atoms. The Morgan fingerprint density at radius 1 is 1.22 bits per heavy atom. The molecule has 0 saturated heterocycles. The summed E-state index contributed by atoms with van der Waals surface area (Å²) in [5, 5.41) is 10.7. The number of aromatic hydroxyl groups is 1. The molecular weight excluding hydrogens is 248 g/mol. The maximum Gasteiger partial charge on any atom is 0.208 e. The highest BCUT2D eigenvalue weighted by Crippen LogP contribution is 2.36. The molecule has 3 aromatic rings. The molecule has 3 rings (SSSR count). The molecular formula is C13H8N2O2S. The fourth-order valence-electron chi connectivity index (χ4n) is 1.70. The van der Waals surface area contributed by atoms with E-state index in [0.29, 0.717) is 20.7 Å². The number of fused-ring (bicyclic) bond motifs is 1. The monoisotopic (exact) mass is 256 g/mol. The quantitative estimate of drug-likeness (QED) is 0.716. The van der Waals surface area contributed by atoms with E-state index in [0.717, 1.165) is 0 Å². The van der Waals surface area contributed by atoms with Crippen LogP contribution < -0.4 is 0 Å². The number of pyridine rings is 2. The number of ketones is 1. The van der Waals surface area contributed by atoms with Gasteiger partial charge in [-0.2, -0.15) is 0 Å². The van der Waals surface area contributed by atoms with Crippen molar-refractivity contribution in [3.05, 3.63) is 53.3 Å². The third kappa shape index (κ3) is 1.65. The van der Waals surface area contributed by atoms with Gasteiger partial charge in [-0.25, -0.2) is 4.98 Å². The molecule has 5 heteroatoms. The Balaban J connectivity index is 2.15. The minimum atomic E-state index is -0.233. The van der Waals surface area contributed by atoms with E-state index in [9.17, 15) is 9.90 Å². The van der Waals surface area contributed by atoms with Gasteiger partial charge in [-0.1, -0.05) is 0 Å². The van der Waals surface area contributed by atoms with Crippen LogP contribution in [0.5, 0.6) is 5.75 Å². The second-order valence-corrected chi connectivity index (χ2v) is 4.71. The second-order valence-electron chi connectivity index (χ2n) is 3.71. The predicted octanol–water partition coefficient (Wildman–Crippen LogP) is 2.63. The van der Waals surface area contributed by atoms with Gasteiger partial charge in [0.1, 0.15) is 15.5 Å². The van der Waals surface area contributed by atoms with Crippen molar-refractivity contribution >= 4 is 27.3 Å². The summed E-state index contributed by atoms with van der Waals surface area (Å²) in [5.74, 6) is -0.236. The van der Waals surface area contributed by atoms with Gasteiger partial charge in [-0.05, 0) is 24.3 Å². The number of carbonyl (C=O) groups is 1. The summed E-state index contributed by atoms with van der Waals surface area (Å²) < 4.78 is 0.